The van der Waals surface area contributed by atoms with Crippen LogP contribution in [0.5, 0.6) is 0 Å². The molecule has 0 aromatic heterocycles. The van der Waals surface area contributed by atoms with E-state index in [2.05, 4.69) is 25.8 Å². The molecule has 0 unspecified atom stereocenters. The molecule has 1 heterocycles. The van der Waals surface area contributed by atoms with E-state index in [1.807, 2.05) is 45.9 Å². The molecule has 1 aromatic rings. The zero-order valence-corrected chi connectivity index (χ0v) is 15.8. The lowest BCUT2D eigenvalue weighted by atomic mass is 10.0. The predicted octanol–water partition coefficient (Wildman–Crippen LogP) is 2.47. The Balaban J connectivity index is 2.06. The summed E-state index contributed by atoms with van der Waals surface area (Å²) < 4.78 is 0. The Hall–Kier alpha value is -2.96. The van der Waals surface area contributed by atoms with Gasteiger partial charge in [-0.1, -0.05) is 12.1 Å². The first-order valence-corrected chi connectivity index (χ1v) is 8.50. The first kappa shape index (κ1) is 19.4. The van der Waals surface area contributed by atoms with Gasteiger partial charge >= 0.3 is 0 Å². The molecule has 0 aliphatic carbocycles. The van der Waals surface area contributed by atoms with Crippen molar-refractivity contribution in [1.82, 2.24) is 5.43 Å². The lowest BCUT2D eigenvalue weighted by Gasteiger charge is -2.10. The van der Waals surface area contributed by atoms with Gasteiger partial charge in [0.1, 0.15) is 12.4 Å². The molecule has 5 N–H and O–H groups in total. The number of hydrogen-bond donors (Lipinski definition) is 4. The largest absolute Gasteiger partial charge is 0.400 e. The number of nitrogens with one attached hydrogen (secondary N) is 3. The Morgan fingerprint density at radius 3 is 2.88 bits per heavy atom. The standard InChI is InChI=1S/C19H27N7/c1-13-5-6-15-17(9-13)23-12-25-26-18(15)16(21)11-22-10-14(20)7-8-24-19(2,3)4/h5-9,11,21,23,25H,10,12,20H2,1-4H3. The van der Waals surface area contributed by atoms with Crippen LogP contribution >= 0.6 is 0 Å². The molecule has 2 rings (SSSR count). The van der Waals surface area contributed by atoms with Crippen molar-refractivity contribution in [2.75, 3.05) is 18.5 Å². The minimum atomic E-state index is -0.132. The molecule has 0 saturated carbocycles. The minimum Gasteiger partial charge on any atom is -0.400 e. The van der Waals surface area contributed by atoms with Crippen LogP contribution < -0.4 is 16.5 Å². The van der Waals surface area contributed by atoms with Crippen LogP contribution in [0.25, 0.3) is 0 Å². The number of hydrazone groups is 1. The zero-order chi connectivity index (χ0) is 19.2. The fourth-order valence-electron chi connectivity index (χ4n) is 2.24. The molecule has 26 heavy (non-hydrogen) atoms. The third kappa shape index (κ3) is 5.84. The maximum absolute atomic E-state index is 8.29. The number of rotatable bonds is 5. The van der Waals surface area contributed by atoms with Gasteiger partial charge in [0.25, 0.3) is 0 Å². The molecule has 0 radical (unpaired) electrons. The number of nitrogens with zero attached hydrogens (tertiary/aromatic N) is 3. The Morgan fingerprint density at radius 1 is 1.38 bits per heavy atom. The number of fused-ring (bicyclic) bond motifs is 1. The summed E-state index contributed by atoms with van der Waals surface area (Å²) in [6, 6.07) is 6.00. The van der Waals surface area contributed by atoms with Crippen molar-refractivity contribution in [3.05, 3.63) is 41.1 Å². The molecule has 0 saturated heterocycles. The van der Waals surface area contributed by atoms with Crippen LogP contribution in [-0.2, 0) is 0 Å². The highest BCUT2D eigenvalue weighted by molar-refractivity contribution is 6.65. The van der Waals surface area contributed by atoms with E-state index in [4.69, 9.17) is 11.1 Å². The molecule has 138 valence electrons. The fraction of sp³-hybridized carbons (Fsp3) is 0.368. The number of nitrogens with two attached hydrogens (primary N) is 1. The van der Waals surface area contributed by atoms with E-state index in [1.54, 1.807) is 12.3 Å². The molecule has 0 atom stereocenters. The first-order chi connectivity index (χ1) is 12.3. The van der Waals surface area contributed by atoms with Crippen LogP contribution in [0.2, 0.25) is 0 Å². The second kappa shape index (κ2) is 8.42. The van der Waals surface area contributed by atoms with Gasteiger partial charge in [-0.2, -0.15) is 5.10 Å². The summed E-state index contributed by atoms with van der Waals surface area (Å²) in [5, 5.41) is 15.8. The molecule has 1 aliphatic rings. The van der Waals surface area contributed by atoms with E-state index in [1.165, 1.54) is 6.21 Å². The SMILES string of the molecule is Cc1ccc2c(c1)NCNN=C2C(=N)C=NCC(N)=CC=NC(C)(C)C. The minimum absolute atomic E-state index is 0.132. The number of allylic oxidation sites excluding steroid dienone is 1. The van der Waals surface area contributed by atoms with Gasteiger partial charge in [0.05, 0.1) is 17.8 Å². The van der Waals surface area contributed by atoms with Gasteiger partial charge in [-0.25, -0.2) is 0 Å². The molecule has 1 aromatic carbocycles. The Bertz CT molecular complexity index is 780. The highest BCUT2D eigenvalue weighted by Crippen LogP contribution is 2.20. The number of benzene rings is 1. The molecule has 0 bridgehead atoms. The molecular formula is C19H27N7. The molecular weight excluding hydrogens is 326 g/mol. The van der Waals surface area contributed by atoms with Crippen LogP contribution in [0, 0.1) is 12.3 Å². The van der Waals surface area contributed by atoms with Crippen LogP contribution in [0.3, 0.4) is 0 Å². The van der Waals surface area contributed by atoms with Gasteiger partial charge in [0, 0.05) is 29.4 Å². The second-order valence-corrected chi connectivity index (χ2v) is 7.10. The van der Waals surface area contributed by atoms with Crippen LogP contribution in [0.4, 0.5) is 5.69 Å². The van der Waals surface area contributed by atoms with Crippen molar-refractivity contribution < 1.29 is 0 Å². The van der Waals surface area contributed by atoms with Gasteiger partial charge < -0.3 is 11.1 Å². The van der Waals surface area contributed by atoms with Crippen LogP contribution in [-0.4, -0.2) is 42.6 Å². The van der Waals surface area contributed by atoms with Gasteiger partial charge in [-0.3, -0.25) is 20.8 Å². The maximum atomic E-state index is 8.29. The summed E-state index contributed by atoms with van der Waals surface area (Å²) in [4.78, 5) is 8.59. The highest BCUT2D eigenvalue weighted by atomic mass is 15.3. The molecule has 7 heteroatoms. The van der Waals surface area contributed by atoms with Crippen molar-refractivity contribution in [3.63, 3.8) is 0 Å². The molecule has 0 amide bonds. The van der Waals surface area contributed by atoms with Crippen molar-refractivity contribution in [2.45, 2.75) is 33.2 Å². The molecule has 0 fully saturated rings. The van der Waals surface area contributed by atoms with Crippen molar-refractivity contribution in [1.29, 1.82) is 5.41 Å². The van der Waals surface area contributed by atoms with Crippen molar-refractivity contribution in [2.24, 2.45) is 20.8 Å². The Kier molecular flexibility index (Phi) is 6.27. The van der Waals surface area contributed by atoms with Gasteiger partial charge in [0.2, 0.25) is 0 Å². The molecule has 7 nitrogen and oxygen atoms in total. The van der Waals surface area contributed by atoms with Crippen LogP contribution in [0.15, 0.2) is 45.1 Å². The van der Waals surface area contributed by atoms with Crippen molar-refractivity contribution >= 4 is 29.5 Å². The third-order valence-electron chi connectivity index (χ3n) is 3.48. The van der Waals surface area contributed by atoms with E-state index in [9.17, 15) is 0 Å². The smallest absolute Gasteiger partial charge is 0.119 e. The maximum Gasteiger partial charge on any atom is 0.119 e. The summed E-state index contributed by atoms with van der Waals surface area (Å²) in [6.07, 6.45) is 4.91. The molecule has 1 aliphatic heterocycles. The zero-order valence-electron chi connectivity index (χ0n) is 15.8. The van der Waals surface area contributed by atoms with E-state index in [0.717, 1.165) is 16.8 Å². The number of hydrogen-bond acceptors (Lipinski definition) is 7. The highest BCUT2D eigenvalue weighted by Gasteiger charge is 2.15. The van der Waals surface area contributed by atoms with Gasteiger partial charge in [0.15, 0.2) is 0 Å². The summed E-state index contributed by atoms with van der Waals surface area (Å²) in [6.45, 7) is 8.89. The lowest BCUT2D eigenvalue weighted by Crippen LogP contribution is -2.19. The molecule has 0 spiro atoms. The summed E-state index contributed by atoms with van der Waals surface area (Å²) in [7, 11) is 0. The quantitative estimate of drug-likeness (QED) is 0.610. The average Bonchev–Trinajstić information content (AvgIpc) is 2.75. The van der Waals surface area contributed by atoms with E-state index >= 15 is 0 Å². The lowest BCUT2D eigenvalue weighted by molar-refractivity contribution is 0.587. The predicted molar refractivity (Wildman–Crippen MR) is 111 cm³/mol. The third-order valence-corrected chi connectivity index (χ3v) is 3.48. The van der Waals surface area contributed by atoms with Crippen molar-refractivity contribution in [3.8, 4) is 0 Å². The van der Waals surface area contributed by atoms with E-state index in [0.29, 0.717) is 24.6 Å². The van der Waals surface area contributed by atoms with E-state index in [-0.39, 0.29) is 11.3 Å². The monoisotopic (exact) mass is 353 g/mol. The summed E-state index contributed by atoms with van der Waals surface area (Å²) in [5.41, 5.74) is 13.0. The Labute approximate surface area is 154 Å². The number of anilines is 1. The van der Waals surface area contributed by atoms with Gasteiger partial charge in [-0.05, 0) is 45.4 Å². The second-order valence-electron chi connectivity index (χ2n) is 7.10. The summed E-state index contributed by atoms with van der Waals surface area (Å²) >= 11 is 0. The first-order valence-electron chi connectivity index (χ1n) is 8.50. The van der Waals surface area contributed by atoms with Gasteiger partial charge in [-0.15, -0.1) is 0 Å². The number of aryl methyl sites for hydroxylation is 1. The summed E-state index contributed by atoms with van der Waals surface area (Å²) in [5.74, 6) is 0. The fourth-order valence-corrected chi connectivity index (χ4v) is 2.24. The Morgan fingerprint density at radius 2 is 2.15 bits per heavy atom. The van der Waals surface area contributed by atoms with E-state index < -0.39 is 0 Å². The average molecular weight is 353 g/mol. The van der Waals surface area contributed by atoms with Crippen LogP contribution in [0.1, 0.15) is 31.9 Å². The number of aliphatic imine (C=N–C) groups is 2. The topological polar surface area (TPSA) is 111 Å². The normalized spacial score (nSPS) is 15.2.